The van der Waals surface area contributed by atoms with Crippen LogP contribution in [0.5, 0.6) is 0 Å². The topological polar surface area (TPSA) is 83.1 Å². The summed E-state index contributed by atoms with van der Waals surface area (Å²) in [5.74, 6) is 0. The lowest BCUT2D eigenvalue weighted by molar-refractivity contribution is 0.0125. The molecule has 2 aromatic rings. The second-order valence-electron chi connectivity index (χ2n) is 6.68. The van der Waals surface area contributed by atoms with E-state index in [0.29, 0.717) is 31.1 Å². The van der Waals surface area contributed by atoms with Gasteiger partial charge < -0.3 is 19.7 Å². The normalized spacial score (nSPS) is 15.4. The van der Waals surface area contributed by atoms with Gasteiger partial charge >= 0.3 is 12.1 Å². The largest absolute Gasteiger partial charge is 0.453 e. The van der Waals surface area contributed by atoms with Crippen molar-refractivity contribution in [3.05, 3.63) is 46.7 Å². The summed E-state index contributed by atoms with van der Waals surface area (Å²) < 4.78 is 10.0. The molecule has 156 valence electrons. The number of benzene rings is 1. The average molecular weight is 419 g/mol. The molecule has 1 aromatic carbocycles. The zero-order chi connectivity index (χ0) is 20.6. The molecule has 1 saturated heterocycles. The lowest BCUT2D eigenvalue weighted by atomic mass is 10.1. The molecule has 0 radical (unpaired) electrons. The van der Waals surface area contributed by atoms with Crippen molar-refractivity contribution in [2.24, 2.45) is 0 Å². The Balaban J connectivity index is 1.60. The molecular formula is C20H26N4O4S. The number of hydrogen-bond donors (Lipinski definition) is 2. The molecule has 3 rings (SSSR count). The summed E-state index contributed by atoms with van der Waals surface area (Å²) in [7, 11) is 3.10. The van der Waals surface area contributed by atoms with E-state index >= 15 is 0 Å². The monoisotopic (exact) mass is 418 g/mol. The van der Waals surface area contributed by atoms with Crippen LogP contribution in [0.4, 0.5) is 21.0 Å². The molecule has 0 saturated carbocycles. The number of nitrogens with one attached hydrogen (secondary N) is 2. The predicted molar refractivity (Wildman–Crippen MR) is 114 cm³/mol. The van der Waals surface area contributed by atoms with Gasteiger partial charge in [-0.15, -0.1) is 11.3 Å². The van der Waals surface area contributed by atoms with Gasteiger partial charge in [-0.2, -0.15) is 0 Å². The van der Waals surface area contributed by atoms with Crippen molar-refractivity contribution in [1.29, 1.82) is 0 Å². The molecule has 1 aliphatic heterocycles. The average Bonchev–Trinajstić information content (AvgIpc) is 3.28. The van der Waals surface area contributed by atoms with Gasteiger partial charge in [0.15, 0.2) is 0 Å². The lowest BCUT2D eigenvalue weighted by Crippen LogP contribution is -2.44. The Kier molecular flexibility index (Phi) is 7.45. The minimum Gasteiger partial charge on any atom is -0.453 e. The van der Waals surface area contributed by atoms with E-state index in [-0.39, 0.29) is 12.1 Å². The zero-order valence-electron chi connectivity index (χ0n) is 16.6. The van der Waals surface area contributed by atoms with Crippen molar-refractivity contribution < 1.29 is 19.1 Å². The Morgan fingerprint density at radius 1 is 1.17 bits per heavy atom. The van der Waals surface area contributed by atoms with Crippen LogP contribution in [0.25, 0.3) is 0 Å². The van der Waals surface area contributed by atoms with Crippen LogP contribution < -0.4 is 10.6 Å². The van der Waals surface area contributed by atoms with Crippen molar-refractivity contribution >= 4 is 34.8 Å². The number of urea groups is 1. The fourth-order valence-electron chi connectivity index (χ4n) is 3.12. The van der Waals surface area contributed by atoms with Crippen LogP contribution in [0, 0.1) is 0 Å². The molecular weight excluding hydrogens is 392 g/mol. The first-order chi connectivity index (χ1) is 14.1. The Hall–Kier alpha value is -2.62. The highest BCUT2D eigenvalue weighted by molar-refractivity contribution is 7.10. The molecule has 9 heteroatoms. The van der Waals surface area contributed by atoms with Crippen molar-refractivity contribution in [1.82, 2.24) is 9.80 Å². The first-order valence-electron chi connectivity index (χ1n) is 9.39. The minimum absolute atomic E-state index is 0.140. The number of ether oxygens (including phenoxy) is 2. The first kappa shape index (κ1) is 21.1. The number of hydrogen-bond acceptors (Lipinski definition) is 6. The van der Waals surface area contributed by atoms with Crippen molar-refractivity contribution in [3.63, 3.8) is 0 Å². The minimum atomic E-state index is -0.538. The number of likely N-dealkylation sites (N-methyl/N-ethyl adjacent to an activating group) is 1. The van der Waals surface area contributed by atoms with Gasteiger partial charge in [0.25, 0.3) is 0 Å². The molecule has 1 aliphatic rings. The van der Waals surface area contributed by atoms with Crippen LogP contribution in [-0.4, -0.2) is 68.9 Å². The summed E-state index contributed by atoms with van der Waals surface area (Å²) in [6, 6.07) is 11.0. The molecule has 29 heavy (non-hydrogen) atoms. The van der Waals surface area contributed by atoms with E-state index in [4.69, 9.17) is 4.74 Å². The number of carbonyl (C=O) groups is 2. The first-order valence-corrected chi connectivity index (χ1v) is 10.3. The van der Waals surface area contributed by atoms with Gasteiger partial charge in [0.05, 0.1) is 26.4 Å². The molecule has 8 nitrogen and oxygen atoms in total. The van der Waals surface area contributed by atoms with Crippen molar-refractivity contribution in [3.8, 4) is 0 Å². The van der Waals surface area contributed by atoms with Gasteiger partial charge in [0.1, 0.15) is 0 Å². The van der Waals surface area contributed by atoms with E-state index in [1.807, 2.05) is 6.07 Å². The van der Waals surface area contributed by atoms with E-state index in [0.717, 1.165) is 13.1 Å². The fraction of sp³-hybridized carbons (Fsp3) is 0.400. The smallest absolute Gasteiger partial charge is 0.411 e. The third-order valence-corrected chi connectivity index (χ3v) is 5.69. The summed E-state index contributed by atoms with van der Waals surface area (Å²) >= 11 is 1.71. The SMILES string of the molecule is COC(=O)Nc1ccc(NC(=O)N(C)C[C@H](c2cccs2)N2CCOCC2)cc1. The highest BCUT2D eigenvalue weighted by atomic mass is 32.1. The summed E-state index contributed by atoms with van der Waals surface area (Å²) in [5.41, 5.74) is 1.24. The van der Waals surface area contributed by atoms with E-state index < -0.39 is 6.09 Å². The Morgan fingerprint density at radius 3 is 2.41 bits per heavy atom. The van der Waals surface area contributed by atoms with E-state index in [1.54, 1.807) is 47.5 Å². The van der Waals surface area contributed by atoms with Crippen molar-refractivity contribution in [2.45, 2.75) is 6.04 Å². The quantitative estimate of drug-likeness (QED) is 0.751. The van der Waals surface area contributed by atoms with Gasteiger partial charge in [-0.1, -0.05) is 6.07 Å². The van der Waals surface area contributed by atoms with Gasteiger partial charge in [-0.05, 0) is 35.7 Å². The lowest BCUT2D eigenvalue weighted by Gasteiger charge is -2.36. The summed E-state index contributed by atoms with van der Waals surface area (Å²) in [5, 5.41) is 7.53. The number of methoxy groups -OCH3 is 1. The highest BCUT2D eigenvalue weighted by Gasteiger charge is 2.26. The van der Waals surface area contributed by atoms with Gasteiger partial charge in [-0.3, -0.25) is 10.2 Å². The maximum atomic E-state index is 12.7. The molecule has 0 bridgehead atoms. The second-order valence-corrected chi connectivity index (χ2v) is 7.66. The Bertz CT molecular complexity index is 791. The van der Waals surface area contributed by atoms with Crippen LogP contribution in [0.2, 0.25) is 0 Å². The number of carbonyl (C=O) groups excluding carboxylic acids is 2. The number of morpholine rings is 1. The van der Waals surface area contributed by atoms with Gasteiger partial charge in [0.2, 0.25) is 0 Å². The molecule has 2 N–H and O–H groups in total. The maximum Gasteiger partial charge on any atom is 0.411 e. The summed E-state index contributed by atoms with van der Waals surface area (Å²) in [6.45, 7) is 3.71. The molecule has 3 amide bonds. The third kappa shape index (κ3) is 5.93. The fourth-order valence-corrected chi connectivity index (χ4v) is 3.97. The maximum absolute atomic E-state index is 12.7. The van der Waals surface area contributed by atoms with Crippen LogP contribution in [-0.2, 0) is 9.47 Å². The van der Waals surface area contributed by atoms with Gasteiger partial charge in [0, 0.05) is 42.9 Å². The van der Waals surface area contributed by atoms with E-state index in [9.17, 15) is 9.59 Å². The number of thiophene rings is 1. The molecule has 2 heterocycles. The molecule has 0 unspecified atom stereocenters. The van der Waals surface area contributed by atoms with Crippen LogP contribution in [0.3, 0.4) is 0 Å². The standard InChI is InChI=1S/C20H26N4O4S/c1-23(14-17(18-4-3-13-29-18)24-9-11-28-12-10-24)19(25)21-15-5-7-16(8-6-15)22-20(26)27-2/h3-8,13,17H,9-12,14H2,1-2H3,(H,21,25)(H,22,26)/t17-/m1/s1. The van der Waals surface area contributed by atoms with Crippen LogP contribution in [0.15, 0.2) is 41.8 Å². The number of anilines is 2. The molecule has 1 aromatic heterocycles. The number of amides is 3. The number of rotatable bonds is 6. The van der Waals surface area contributed by atoms with E-state index in [2.05, 4.69) is 31.7 Å². The zero-order valence-corrected chi connectivity index (χ0v) is 17.4. The Labute approximate surface area is 174 Å². The van der Waals surface area contributed by atoms with E-state index in [1.165, 1.54) is 12.0 Å². The van der Waals surface area contributed by atoms with Crippen LogP contribution in [0.1, 0.15) is 10.9 Å². The van der Waals surface area contributed by atoms with Crippen LogP contribution >= 0.6 is 11.3 Å². The molecule has 0 spiro atoms. The molecule has 1 atom stereocenters. The molecule has 0 aliphatic carbocycles. The Morgan fingerprint density at radius 2 is 1.83 bits per heavy atom. The second kappa shape index (κ2) is 10.2. The van der Waals surface area contributed by atoms with Crippen molar-refractivity contribution in [2.75, 3.05) is 57.6 Å². The van der Waals surface area contributed by atoms with Gasteiger partial charge in [-0.25, -0.2) is 9.59 Å². The third-order valence-electron chi connectivity index (χ3n) is 4.72. The predicted octanol–water partition coefficient (Wildman–Crippen LogP) is 3.46. The highest BCUT2D eigenvalue weighted by Crippen LogP contribution is 2.27. The summed E-state index contributed by atoms with van der Waals surface area (Å²) in [4.78, 5) is 29.2. The molecule has 1 fully saturated rings. The number of nitrogens with zero attached hydrogens (tertiary/aromatic N) is 2. The summed E-state index contributed by atoms with van der Waals surface area (Å²) in [6.07, 6.45) is -0.538.